The zero-order valence-corrected chi connectivity index (χ0v) is 5.79. The molecular weight excluding hydrogens is 132 g/mol. The van der Waals surface area contributed by atoms with Crippen LogP contribution in [0.5, 0.6) is 0 Å². The number of rotatable bonds is 1. The zero-order chi connectivity index (χ0) is 7.56. The Morgan fingerprint density at radius 1 is 1.50 bits per heavy atom. The van der Waals surface area contributed by atoms with Gasteiger partial charge in [-0.1, -0.05) is 0 Å². The van der Waals surface area contributed by atoms with Crippen LogP contribution in [0, 0.1) is 5.92 Å². The Bertz CT molecular complexity index is 133. The summed E-state index contributed by atoms with van der Waals surface area (Å²) in [7, 11) is 0. The third-order valence-corrected chi connectivity index (χ3v) is 1.84. The van der Waals surface area contributed by atoms with Crippen LogP contribution >= 0.6 is 0 Å². The van der Waals surface area contributed by atoms with Crippen molar-refractivity contribution in [2.75, 3.05) is 6.61 Å². The highest BCUT2D eigenvalue weighted by Gasteiger charge is 2.24. The Balaban J connectivity index is 2.42. The highest BCUT2D eigenvalue weighted by atomic mass is 16.3. The second kappa shape index (κ2) is 3.12. The minimum Gasteiger partial charge on any atom is -0.396 e. The van der Waals surface area contributed by atoms with Crippen molar-refractivity contribution in [2.45, 2.75) is 25.4 Å². The second-order valence-electron chi connectivity index (χ2n) is 2.89. The third kappa shape index (κ3) is 1.78. The number of carbonyl (C=O) groups is 1. The van der Waals surface area contributed by atoms with E-state index in [-0.39, 0.29) is 24.7 Å². The lowest BCUT2D eigenvalue weighted by atomic mass is 9.87. The number of carbonyl (C=O) groups excluding carboxylic acids is 1. The second-order valence-corrected chi connectivity index (χ2v) is 2.89. The molecule has 58 valence electrons. The van der Waals surface area contributed by atoms with Crippen LogP contribution in [-0.4, -0.2) is 28.7 Å². The lowest BCUT2D eigenvalue weighted by Crippen LogP contribution is -2.28. The molecule has 0 aromatic rings. The van der Waals surface area contributed by atoms with E-state index in [0.717, 1.165) is 0 Å². The summed E-state index contributed by atoms with van der Waals surface area (Å²) in [6, 6.07) is 0. The predicted molar refractivity (Wildman–Crippen MR) is 35.4 cm³/mol. The van der Waals surface area contributed by atoms with Crippen molar-refractivity contribution in [2.24, 2.45) is 5.92 Å². The van der Waals surface area contributed by atoms with Crippen LogP contribution in [0.4, 0.5) is 0 Å². The predicted octanol–water partition coefficient (Wildman–Crippen LogP) is -0.291. The van der Waals surface area contributed by atoms with Crippen LogP contribution in [0.3, 0.4) is 0 Å². The average molecular weight is 144 g/mol. The largest absolute Gasteiger partial charge is 0.396 e. The van der Waals surface area contributed by atoms with Crippen LogP contribution in [0.15, 0.2) is 0 Å². The van der Waals surface area contributed by atoms with Gasteiger partial charge in [0.1, 0.15) is 5.78 Å². The van der Waals surface area contributed by atoms with E-state index in [1.54, 1.807) is 0 Å². The molecule has 0 aromatic heterocycles. The first-order valence-corrected chi connectivity index (χ1v) is 3.53. The molecule has 3 heteroatoms. The molecule has 0 heterocycles. The van der Waals surface area contributed by atoms with E-state index in [0.29, 0.717) is 12.8 Å². The summed E-state index contributed by atoms with van der Waals surface area (Å²) in [5, 5.41) is 17.7. The standard InChI is InChI=1S/C7H12O3/c8-4-5-1-6(9)3-7(10)2-5/h5-6,8-9H,1-4H2/t5?,6-/m0/s1. The molecule has 1 rings (SSSR count). The van der Waals surface area contributed by atoms with Crippen LogP contribution < -0.4 is 0 Å². The van der Waals surface area contributed by atoms with E-state index < -0.39 is 6.10 Å². The molecular formula is C7H12O3. The van der Waals surface area contributed by atoms with Gasteiger partial charge in [-0.05, 0) is 12.3 Å². The van der Waals surface area contributed by atoms with Crippen molar-refractivity contribution in [3.05, 3.63) is 0 Å². The number of hydrogen-bond donors (Lipinski definition) is 2. The topological polar surface area (TPSA) is 57.5 Å². The van der Waals surface area contributed by atoms with Gasteiger partial charge in [0.05, 0.1) is 6.10 Å². The SMILES string of the molecule is O=C1CC(CO)C[C@H](O)C1. The fourth-order valence-electron chi connectivity index (χ4n) is 1.36. The first-order valence-electron chi connectivity index (χ1n) is 3.53. The van der Waals surface area contributed by atoms with Gasteiger partial charge >= 0.3 is 0 Å². The maximum atomic E-state index is 10.8. The van der Waals surface area contributed by atoms with Gasteiger partial charge in [0.25, 0.3) is 0 Å². The minimum atomic E-state index is -0.515. The molecule has 2 atom stereocenters. The van der Waals surface area contributed by atoms with E-state index in [2.05, 4.69) is 0 Å². The molecule has 0 bridgehead atoms. The summed E-state index contributed by atoms with van der Waals surface area (Å²) >= 11 is 0. The summed E-state index contributed by atoms with van der Waals surface area (Å²) < 4.78 is 0. The normalized spacial score (nSPS) is 34.4. The van der Waals surface area contributed by atoms with Crippen molar-refractivity contribution in [3.63, 3.8) is 0 Å². The Hall–Kier alpha value is -0.410. The van der Waals surface area contributed by atoms with Gasteiger partial charge < -0.3 is 10.2 Å². The van der Waals surface area contributed by atoms with Crippen molar-refractivity contribution in [1.82, 2.24) is 0 Å². The molecule has 0 amide bonds. The van der Waals surface area contributed by atoms with Crippen molar-refractivity contribution < 1.29 is 15.0 Å². The molecule has 2 N–H and O–H groups in total. The fraction of sp³-hybridized carbons (Fsp3) is 0.857. The van der Waals surface area contributed by atoms with Gasteiger partial charge in [0.2, 0.25) is 0 Å². The molecule has 1 unspecified atom stereocenters. The lowest BCUT2D eigenvalue weighted by molar-refractivity contribution is -0.125. The van der Waals surface area contributed by atoms with Crippen molar-refractivity contribution in [3.8, 4) is 0 Å². The van der Waals surface area contributed by atoms with Crippen LogP contribution in [0.25, 0.3) is 0 Å². The molecule has 0 saturated heterocycles. The number of ketones is 1. The summed E-state index contributed by atoms with van der Waals surface area (Å²) in [6.07, 6.45) is 0.769. The quantitative estimate of drug-likeness (QED) is 0.531. The van der Waals surface area contributed by atoms with E-state index >= 15 is 0 Å². The summed E-state index contributed by atoms with van der Waals surface area (Å²) in [4.78, 5) is 10.8. The summed E-state index contributed by atoms with van der Waals surface area (Å²) in [6.45, 7) is 0.0167. The molecule has 1 fully saturated rings. The fourth-order valence-corrected chi connectivity index (χ4v) is 1.36. The van der Waals surface area contributed by atoms with Crippen LogP contribution in [0.2, 0.25) is 0 Å². The van der Waals surface area contributed by atoms with Gasteiger partial charge in [-0.3, -0.25) is 4.79 Å². The molecule has 1 aliphatic carbocycles. The lowest BCUT2D eigenvalue weighted by Gasteiger charge is -2.22. The first-order chi connectivity index (χ1) is 4.72. The molecule has 1 aliphatic rings. The van der Waals surface area contributed by atoms with Crippen molar-refractivity contribution >= 4 is 5.78 Å². The molecule has 10 heavy (non-hydrogen) atoms. The van der Waals surface area contributed by atoms with Gasteiger partial charge in [0.15, 0.2) is 0 Å². The van der Waals surface area contributed by atoms with E-state index in [9.17, 15) is 4.79 Å². The van der Waals surface area contributed by atoms with Crippen LogP contribution in [0.1, 0.15) is 19.3 Å². The molecule has 0 aliphatic heterocycles. The molecule has 0 radical (unpaired) electrons. The monoisotopic (exact) mass is 144 g/mol. The highest BCUT2D eigenvalue weighted by molar-refractivity contribution is 5.79. The number of aliphatic hydroxyl groups excluding tert-OH is 2. The average Bonchev–Trinajstić information content (AvgIpc) is 1.85. The molecule has 1 saturated carbocycles. The first kappa shape index (κ1) is 7.69. The Morgan fingerprint density at radius 3 is 2.70 bits per heavy atom. The number of hydrogen-bond acceptors (Lipinski definition) is 3. The van der Waals surface area contributed by atoms with Crippen LogP contribution in [-0.2, 0) is 4.79 Å². The van der Waals surface area contributed by atoms with Gasteiger partial charge in [-0.25, -0.2) is 0 Å². The van der Waals surface area contributed by atoms with E-state index in [1.807, 2.05) is 0 Å². The summed E-state index contributed by atoms with van der Waals surface area (Å²) in [5.74, 6) is 0.0639. The van der Waals surface area contributed by atoms with Gasteiger partial charge in [-0.15, -0.1) is 0 Å². The molecule has 3 nitrogen and oxygen atoms in total. The smallest absolute Gasteiger partial charge is 0.135 e. The maximum absolute atomic E-state index is 10.8. The van der Waals surface area contributed by atoms with Crippen molar-refractivity contribution in [1.29, 1.82) is 0 Å². The van der Waals surface area contributed by atoms with E-state index in [4.69, 9.17) is 10.2 Å². The molecule has 0 aromatic carbocycles. The molecule has 0 spiro atoms. The highest BCUT2D eigenvalue weighted by Crippen LogP contribution is 2.20. The van der Waals surface area contributed by atoms with E-state index in [1.165, 1.54) is 0 Å². The Kier molecular flexibility index (Phi) is 2.40. The number of aliphatic hydroxyl groups is 2. The van der Waals surface area contributed by atoms with Gasteiger partial charge in [-0.2, -0.15) is 0 Å². The van der Waals surface area contributed by atoms with Gasteiger partial charge in [0, 0.05) is 19.4 Å². The number of Topliss-reactive ketones (excluding diaryl/α,β-unsaturated/α-hetero) is 1. The Morgan fingerprint density at radius 2 is 2.20 bits per heavy atom. The zero-order valence-electron chi connectivity index (χ0n) is 5.79. The minimum absolute atomic E-state index is 0.00347. The maximum Gasteiger partial charge on any atom is 0.135 e. The summed E-state index contributed by atoms with van der Waals surface area (Å²) in [5.41, 5.74) is 0. The third-order valence-electron chi connectivity index (χ3n) is 1.84. The Labute approximate surface area is 59.7 Å².